The van der Waals surface area contributed by atoms with Crippen LogP contribution in [0.4, 0.5) is 0 Å². The molecule has 2 heterocycles. The fourth-order valence-corrected chi connectivity index (χ4v) is 3.76. The maximum atomic E-state index is 13.2. The molecule has 0 fully saturated rings. The first kappa shape index (κ1) is 18.1. The fourth-order valence-electron chi connectivity index (χ4n) is 3.27. The van der Waals surface area contributed by atoms with Crippen LogP contribution in [0, 0.1) is 11.3 Å². The number of hydrogen-bond donors (Lipinski definition) is 0. The zero-order valence-electron chi connectivity index (χ0n) is 14.8. The molecule has 0 aliphatic heterocycles. The molecule has 6 heteroatoms. The van der Waals surface area contributed by atoms with Gasteiger partial charge in [-0.25, -0.2) is 4.68 Å². The van der Waals surface area contributed by atoms with E-state index in [1.165, 1.54) is 4.68 Å². The van der Waals surface area contributed by atoms with Gasteiger partial charge in [0.05, 0.1) is 30.1 Å². The number of nitrogens with zero attached hydrogens (tertiary/aromatic N) is 4. The van der Waals surface area contributed by atoms with Gasteiger partial charge in [-0.05, 0) is 44.4 Å². The van der Waals surface area contributed by atoms with E-state index in [0.29, 0.717) is 22.3 Å². The maximum absolute atomic E-state index is 13.2. The van der Waals surface area contributed by atoms with Crippen molar-refractivity contribution < 1.29 is 0 Å². The molecule has 0 aliphatic rings. The highest BCUT2D eigenvalue weighted by Gasteiger charge is 2.23. The summed E-state index contributed by atoms with van der Waals surface area (Å²) in [6.45, 7) is 0.320. The molecule has 28 heavy (non-hydrogen) atoms. The number of fused-ring (bicyclic) bond motifs is 1. The van der Waals surface area contributed by atoms with Crippen LogP contribution in [0.3, 0.4) is 0 Å². The zero-order valence-corrected chi connectivity index (χ0v) is 16.4. The second-order valence-electron chi connectivity index (χ2n) is 6.32. The van der Waals surface area contributed by atoms with E-state index in [0.717, 1.165) is 16.3 Å². The van der Waals surface area contributed by atoms with Gasteiger partial charge in [-0.2, -0.15) is 10.4 Å². The summed E-state index contributed by atoms with van der Waals surface area (Å²) in [6.07, 6.45) is 3.18. The number of aromatic nitrogens is 3. The molecular formula is C22H15BrN4O. The Kier molecular flexibility index (Phi) is 5.00. The maximum Gasteiger partial charge on any atom is 0.273 e. The van der Waals surface area contributed by atoms with E-state index in [1.54, 1.807) is 30.6 Å². The molecular weight excluding hydrogens is 416 g/mol. The van der Waals surface area contributed by atoms with E-state index in [1.807, 2.05) is 42.5 Å². The van der Waals surface area contributed by atoms with E-state index in [2.05, 4.69) is 32.1 Å². The summed E-state index contributed by atoms with van der Waals surface area (Å²) < 4.78 is 1.90. The van der Waals surface area contributed by atoms with Crippen molar-refractivity contribution in [1.29, 1.82) is 5.26 Å². The van der Waals surface area contributed by atoms with Crippen LogP contribution in [0.25, 0.3) is 10.8 Å². The van der Waals surface area contributed by atoms with Gasteiger partial charge in [0.2, 0.25) is 0 Å². The lowest BCUT2D eigenvalue weighted by molar-refractivity contribution is 0.627. The van der Waals surface area contributed by atoms with Crippen LogP contribution >= 0.6 is 15.9 Å². The standard InChI is InChI=1S/C22H15BrN4O/c23-19-13-26-27(14-16-8-5-7-15-6-1-2-9-17(15)16)22(28)21(19)18(12-24)20-10-3-4-11-25-20/h1-11,13,18H,14H2. The first-order valence-corrected chi connectivity index (χ1v) is 9.51. The van der Waals surface area contributed by atoms with Crippen LogP contribution in [-0.4, -0.2) is 14.8 Å². The molecule has 0 aliphatic carbocycles. The number of hydrogen-bond acceptors (Lipinski definition) is 4. The highest BCUT2D eigenvalue weighted by atomic mass is 79.9. The fraction of sp³-hybridized carbons (Fsp3) is 0.0909. The lowest BCUT2D eigenvalue weighted by Gasteiger charge is -2.13. The SMILES string of the molecule is N#CC(c1ccccn1)c1c(Br)cnn(Cc2cccc3ccccc23)c1=O. The van der Waals surface area contributed by atoms with E-state index in [4.69, 9.17) is 0 Å². The quantitative estimate of drug-likeness (QED) is 0.484. The van der Waals surface area contributed by atoms with Crippen LogP contribution in [0.15, 0.2) is 82.3 Å². The summed E-state index contributed by atoms with van der Waals surface area (Å²) in [5.41, 5.74) is 1.56. The molecule has 0 spiro atoms. The third-order valence-corrected chi connectivity index (χ3v) is 5.27. The van der Waals surface area contributed by atoms with Crippen LogP contribution in [-0.2, 0) is 6.54 Å². The lowest BCUT2D eigenvalue weighted by Crippen LogP contribution is -2.29. The lowest BCUT2D eigenvalue weighted by atomic mass is 9.98. The summed E-state index contributed by atoms with van der Waals surface area (Å²) in [4.78, 5) is 17.4. The highest BCUT2D eigenvalue weighted by Crippen LogP contribution is 2.26. The highest BCUT2D eigenvalue weighted by molar-refractivity contribution is 9.10. The average molecular weight is 431 g/mol. The van der Waals surface area contributed by atoms with Gasteiger partial charge in [0, 0.05) is 10.7 Å². The van der Waals surface area contributed by atoms with Crippen molar-refractivity contribution in [3.05, 3.63) is 105 Å². The molecule has 0 amide bonds. The molecule has 0 radical (unpaired) electrons. The minimum absolute atomic E-state index is 0.306. The van der Waals surface area contributed by atoms with Gasteiger partial charge < -0.3 is 0 Å². The van der Waals surface area contributed by atoms with Crippen molar-refractivity contribution in [3.63, 3.8) is 0 Å². The Morgan fingerprint density at radius 3 is 2.64 bits per heavy atom. The number of rotatable bonds is 4. The molecule has 5 nitrogen and oxygen atoms in total. The van der Waals surface area contributed by atoms with E-state index in [-0.39, 0.29) is 5.56 Å². The molecule has 1 atom stereocenters. The number of benzene rings is 2. The van der Waals surface area contributed by atoms with Gasteiger partial charge >= 0.3 is 0 Å². The molecule has 4 aromatic rings. The Labute approximate surface area is 170 Å². The van der Waals surface area contributed by atoms with Gasteiger partial charge in [-0.1, -0.05) is 48.5 Å². The first-order chi connectivity index (χ1) is 13.7. The Balaban J connectivity index is 1.81. The second kappa shape index (κ2) is 7.75. The Morgan fingerprint density at radius 2 is 1.86 bits per heavy atom. The molecule has 0 saturated carbocycles. The van der Waals surface area contributed by atoms with Crippen molar-refractivity contribution in [2.24, 2.45) is 0 Å². The van der Waals surface area contributed by atoms with Crippen molar-refractivity contribution >= 4 is 26.7 Å². The van der Waals surface area contributed by atoms with Crippen LogP contribution in [0.5, 0.6) is 0 Å². The largest absolute Gasteiger partial charge is 0.273 e. The third-order valence-electron chi connectivity index (χ3n) is 4.63. The number of nitriles is 1. The molecule has 4 rings (SSSR count). The van der Waals surface area contributed by atoms with Crippen molar-refractivity contribution in [2.45, 2.75) is 12.5 Å². The first-order valence-electron chi connectivity index (χ1n) is 8.71. The van der Waals surface area contributed by atoms with Crippen LogP contribution < -0.4 is 5.56 Å². The van der Waals surface area contributed by atoms with Gasteiger partial charge in [-0.3, -0.25) is 9.78 Å². The minimum Gasteiger partial charge on any atom is -0.267 e. The summed E-state index contributed by atoms with van der Waals surface area (Å²) >= 11 is 3.39. The molecule has 0 saturated heterocycles. The second-order valence-corrected chi connectivity index (χ2v) is 7.18. The smallest absolute Gasteiger partial charge is 0.267 e. The third kappa shape index (κ3) is 3.32. The predicted molar refractivity (Wildman–Crippen MR) is 111 cm³/mol. The van der Waals surface area contributed by atoms with Gasteiger partial charge in [0.1, 0.15) is 5.92 Å². The van der Waals surface area contributed by atoms with Crippen molar-refractivity contribution in [3.8, 4) is 6.07 Å². The van der Waals surface area contributed by atoms with Crippen LogP contribution in [0.2, 0.25) is 0 Å². The summed E-state index contributed by atoms with van der Waals surface area (Å²) in [5.74, 6) is -0.773. The molecule has 0 N–H and O–H groups in total. The zero-order chi connectivity index (χ0) is 19.5. The molecule has 2 aromatic heterocycles. The monoisotopic (exact) mass is 430 g/mol. The molecule has 2 aromatic carbocycles. The van der Waals surface area contributed by atoms with Crippen molar-refractivity contribution in [1.82, 2.24) is 14.8 Å². The summed E-state index contributed by atoms with van der Waals surface area (Å²) in [5, 5.41) is 16.2. The summed E-state index contributed by atoms with van der Waals surface area (Å²) in [6, 6.07) is 21.5. The molecule has 1 unspecified atom stereocenters. The molecule has 136 valence electrons. The Morgan fingerprint density at radius 1 is 1.07 bits per heavy atom. The Hall–Kier alpha value is -3.30. The topological polar surface area (TPSA) is 71.6 Å². The van der Waals surface area contributed by atoms with Crippen LogP contribution in [0.1, 0.15) is 22.7 Å². The minimum atomic E-state index is -0.773. The van der Waals surface area contributed by atoms with Gasteiger partial charge in [-0.15, -0.1) is 0 Å². The van der Waals surface area contributed by atoms with Gasteiger partial charge in [0.25, 0.3) is 5.56 Å². The predicted octanol–water partition coefficient (Wildman–Crippen LogP) is 4.26. The number of halogens is 1. The normalized spacial score (nSPS) is 11.9. The average Bonchev–Trinajstić information content (AvgIpc) is 2.74. The number of pyridine rings is 1. The van der Waals surface area contributed by atoms with E-state index >= 15 is 0 Å². The summed E-state index contributed by atoms with van der Waals surface area (Å²) in [7, 11) is 0. The van der Waals surface area contributed by atoms with Gasteiger partial charge in [0.15, 0.2) is 0 Å². The Bertz CT molecular complexity index is 1240. The molecule has 0 bridgehead atoms. The van der Waals surface area contributed by atoms with E-state index in [9.17, 15) is 10.1 Å². The van der Waals surface area contributed by atoms with E-state index < -0.39 is 5.92 Å². The van der Waals surface area contributed by atoms with Crippen molar-refractivity contribution in [2.75, 3.05) is 0 Å².